The van der Waals surface area contributed by atoms with E-state index in [0.29, 0.717) is 6.42 Å². The highest BCUT2D eigenvalue weighted by Gasteiger charge is 2.58. The van der Waals surface area contributed by atoms with Crippen molar-refractivity contribution < 1.29 is 27.5 Å². The van der Waals surface area contributed by atoms with Crippen molar-refractivity contribution in [1.29, 1.82) is 0 Å². The average Bonchev–Trinajstić information content (AvgIpc) is 2.85. The van der Waals surface area contributed by atoms with Crippen molar-refractivity contribution in [1.82, 2.24) is 5.32 Å². The van der Waals surface area contributed by atoms with Gasteiger partial charge in [0.25, 0.3) is 0 Å². The molecular weight excluding hydrogens is 299 g/mol. The monoisotopic (exact) mass is 317 g/mol. The first kappa shape index (κ1) is 16.6. The van der Waals surface area contributed by atoms with Crippen LogP contribution in [0.1, 0.15) is 37.2 Å². The molecular formula is C15H18F3NO3. The summed E-state index contributed by atoms with van der Waals surface area (Å²) in [5.74, 6) is -1.31. The van der Waals surface area contributed by atoms with Crippen LogP contribution in [-0.2, 0) is 10.4 Å². The molecule has 1 heterocycles. The molecule has 1 amide bonds. The van der Waals surface area contributed by atoms with Crippen molar-refractivity contribution in [3.05, 3.63) is 35.8 Å². The number of furan rings is 1. The van der Waals surface area contributed by atoms with Crippen molar-refractivity contribution in [2.24, 2.45) is 0 Å². The van der Waals surface area contributed by atoms with Crippen LogP contribution in [0.5, 0.6) is 0 Å². The minimum Gasteiger partial charge on any atom is -0.463 e. The van der Waals surface area contributed by atoms with Gasteiger partial charge < -0.3 is 14.8 Å². The van der Waals surface area contributed by atoms with E-state index < -0.39 is 29.9 Å². The molecule has 0 fully saturated rings. The third-order valence-corrected chi connectivity index (χ3v) is 3.63. The highest BCUT2D eigenvalue weighted by molar-refractivity contribution is 5.78. The molecule has 2 atom stereocenters. The highest BCUT2D eigenvalue weighted by Crippen LogP contribution is 2.42. The van der Waals surface area contributed by atoms with E-state index >= 15 is 0 Å². The van der Waals surface area contributed by atoms with Crippen molar-refractivity contribution in [3.63, 3.8) is 0 Å². The van der Waals surface area contributed by atoms with Crippen molar-refractivity contribution in [2.45, 2.75) is 50.4 Å². The van der Waals surface area contributed by atoms with Gasteiger partial charge in [-0.2, -0.15) is 13.2 Å². The predicted octanol–water partition coefficient (Wildman–Crippen LogP) is 2.95. The Morgan fingerprint density at radius 3 is 2.68 bits per heavy atom. The second kappa shape index (κ2) is 6.16. The molecule has 1 aliphatic rings. The van der Waals surface area contributed by atoms with E-state index in [9.17, 15) is 23.1 Å². The minimum atomic E-state index is -5.02. The summed E-state index contributed by atoms with van der Waals surface area (Å²) in [4.78, 5) is 11.9. The zero-order valence-corrected chi connectivity index (χ0v) is 12.1. The van der Waals surface area contributed by atoms with Crippen LogP contribution in [0.2, 0.25) is 0 Å². The Hall–Kier alpha value is -1.76. The number of carbonyl (C=O) groups is 1. The lowest BCUT2D eigenvalue weighted by Crippen LogP contribution is -2.47. The Balaban J connectivity index is 2.15. The molecule has 2 N–H and O–H groups in total. The van der Waals surface area contributed by atoms with Gasteiger partial charge in [-0.15, -0.1) is 0 Å². The summed E-state index contributed by atoms with van der Waals surface area (Å²) in [5.41, 5.74) is -3.33. The van der Waals surface area contributed by atoms with Crippen molar-refractivity contribution in [2.75, 3.05) is 0 Å². The van der Waals surface area contributed by atoms with Gasteiger partial charge in [0.1, 0.15) is 11.5 Å². The van der Waals surface area contributed by atoms with Gasteiger partial charge in [0, 0.05) is 6.04 Å². The van der Waals surface area contributed by atoms with Gasteiger partial charge in [-0.25, -0.2) is 0 Å². The lowest BCUT2D eigenvalue weighted by molar-refractivity contribution is -0.273. The maximum Gasteiger partial charge on any atom is 0.425 e. The van der Waals surface area contributed by atoms with Gasteiger partial charge in [0.15, 0.2) is 0 Å². The quantitative estimate of drug-likeness (QED) is 0.839. The number of nitrogens with one attached hydrogen (secondary N) is 1. The standard InChI is InChI=1S/C15H18F3NO3/c1-10-7-8-12(22-10)14(21,15(16,17)18)9-13(20)19-11-5-3-2-4-6-11/h3,5,7-8,11,21H,2,4,6,9H2,1H3,(H,19,20). The number of aliphatic hydroxyl groups is 1. The lowest BCUT2D eigenvalue weighted by Gasteiger charge is -2.29. The largest absolute Gasteiger partial charge is 0.463 e. The van der Waals surface area contributed by atoms with E-state index in [0.717, 1.165) is 18.9 Å². The molecule has 0 saturated heterocycles. The normalized spacial score (nSPS) is 21.4. The Kier molecular flexibility index (Phi) is 4.65. The molecule has 22 heavy (non-hydrogen) atoms. The second-order valence-electron chi connectivity index (χ2n) is 5.48. The molecule has 7 heteroatoms. The lowest BCUT2D eigenvalue weighted by atomic mass is 9.94. The summed E-state index contributed by atoms with van der Waals surface area (Å²) >= 11 is 0. The van der Waals surface area contributed by atoms with Gasteiger partial charge >= 0.3 is 6.18 Å². The Morgan fingerprint density at radius 1 is 1.45 bits per heavy atom. The topological polar surface area (TPSA) is 62.5 Å². The third-order valence-electron chi connectivity index (χ3n) is 3.63. The van der Waals surface area contributed by atoms with E-state index in [2.05, 4.69) is 5.32 Å². The van der Waals surface area contributed by atoms with Gasteiger partial charge in [-0.1, -0.05) is 12.2 Å². The van der Waals surface area contributed by atoms with E-state index in [1.54, 1.807) is 6.08 Å². The maximum atomic E-state index is 13.2. The summed E-state index contributed by atoms with van der Waals surface area (Å²) in [6, 6.07) is 2.06. The summed E-state index contributed by atoms with van der Waals surface area (Å²) in [5, 5.41) is 12.5. The number of carbonyl (C=O) groups excluding carboxylic acids is 1. The second-order valence-corrected chi connectivity index (χ2v) is 5.48. The zero-order valence-electron chi connectivity index (χ0n) is 12.1. The van der Waals surface area contributed by atoms with Crippen LogP contribution in [0.4, 0.5) is 13.2 Å². The fraction of sp³-hybridized carbons (Fsp3) is 0.533. The van der Waals surface area contributed by atoms with E-state index in [-0.39, 0.29) is 11.8 Å². The number of alkyl halides is 3. The summed E-state index contributed by atoms with van der Waals surface area (Å²) in [6.45, 7) is 1.47. The number of halogens is 3. The van der Waals surface area contributed by atoms with Crippen LogP contribution in [0.15, 0.2) is 28.7 Å². The summed E-state index contributed by atoms with van der Waals surface area (Å²) in [6.07, 6.45) is -0.0877. The molecule has 0 spiro atoms. The van der Waals surface area contributed by atoms with Crippen LogP contribution < -0.4 is 5.32 Å². The Labute approximate surface area is 126 Å². The summed E-state index contributed by atoms with van der Waals surface area (Å²) in [7, 11) is 0. The number of rotatable bonds is 4. The molecule has 0 aromatic carbocycles. The SMILES string of the molecule is Cc1ccc(C(O)(CC(=O)NC2C=CCCC2)C(F)(F)F)o1. The van der Waals surface area contributed by atoms with Crippen LogP contribution in [0.25, 0.3) is 0 Å². The first-order chi connectivity index (χ1) is 10.2. The summed E-state index contributed by atoms with van der Waals surface area (Å²) < 4.78 is 44.6. The zero-order chi connectivity index (χ0) is 16.4. The number of allylic oxidation sites excluding steroid dienone is 1. The molecule has 1 aromatic heterocycles. The Morgan fingerprint density at radius 2 is 2.18 bits per heavy atom. The van der Waals surface area contributed by atoms with Gasteiger partial charge in [0.2, 0.25) is 11.5 Å². The van der Waals surface area contributed by atoms with Crippen molar-refractivity contribution in [3.8, 4) is 0 Å². The average molecular weight is 317 g/mol. The molecule has 0 bridgehead atoms. The van der Waals surface area contributed by atoms with Crippen LogP contribution in [0.3, 0.4) is 0 Å². The fourth-order valence-electron chi connectivity index (χ4n) is 2.41. The van der Waals surface area contributed by atoms with Gasteiger partial charge in [-0.3, -0.25) is 4.79 Å². The molecule has 4 nitrogen and oxygen atoms in total. The number of hydrogen-bond donors (Lipinski definition) is 2. The molecule has 1 aromatic rings. The van der Waals surface area contributed by atoms with Gasteiger partial charge in [-0.05, 0) is 38.3 Å². The molecule has 2 rings (SSSR count). The number of amides is 1. The predicted molar refractivity (Wildman–Crippen MR) is 72.9 cm³/mol. The molecule has 0 saturated carbocycles. The molecule has 0 aliphatic heterocycles. The molecule has 2 unspecified atom stereocenters. The molecule has 0 radical (unpaired) electrons. The van der Waals surface area contributed by atoms with Crippen molar-refractivity contribution >= 4 is 5.91 Å². The van der Waals surface area contributed by atoms with E-state index in [4.69, 9.17) is 4.42 Å². The van der Waals surface area contributed by atoms with E-state index in [1.165, 1.54) is 13.0 Å². The highest BCUT2D eigenvalue weighted by atomic mass is 19.4. The third kappa shape index (κ3) is 3.52. The minimum absolute atomic E-state index is 0.230. The van der Waals surface area contributed by atoms with Crippen LogP contribution >= 0.6 is 0 Å². The Bertz CT molecular complexity index is 565. The van der Waals surface area contributed by atoms with E-state index in [1.807, 2.05) is 6.08 Å². The number of aryl methyl sites for hydroxylation is 1. The smallest absolute Gasteiger partial charge is 0.425 e. The molecule has 122 valence electrons. The number of hydrogen-bond acceptors (Lipinski definition) is 3. The van der Waals surface area contributed by atoms with Gasteiger partial charge in [0.05, 0.1) is 6.42 Å². The molecule has 1 aliphatic carbocycles. The fourth-order valence-corrected chi connectivity index (χ4v) is 2.41. The van der Waals surface area contributed by atoms with Crippen LogP contribution in [-0.4, -0.2) is 23.2 Å². The first-order valence-corrected chi connectivity index (χ1v) is 7.04. The maximum absolute atomic E-state index is 13.2. The first-order valence-electron chi connectivity index (χ1n) is 7.04. The van der Waals surface area contributed by atoms with Crippen LogP contribution in [0, 0.1) is 6.92 Å².